The summed E-state index contributed by atoms with van der Waals surface area (Å²) in [5.41, 5.74) is -0.580. The zero-order valence-corrected chi connectivity index (χ0v) is 18.5. The lowest BCUT2D eigenvalue weighted by Gasteiger charge is -2.35. The quantitative estimate of drug-likeness (QED) is 0.347. The van der Waals surface area contributed by atoms with Gasteiger partial charge in [0.25, 0.3) is 0 Å². The zero-order valence-electron chi connectivity index (χ0n) is 16.1. The second kappa shape index (κ2) is 11.0. The molecule has 2 N–H and O–H groups in total. The molecular formula is C19H36IN3O3. The maximum Gasteiger partial charge on any atom is 0.194 e. The molecule has 7 heteroatoms. The highest BCUT2D eigenvalue weighted by molar-refractivity contribution is 14.0. The molecule has 26 heavy (non-hydrogen) atoms. The minimum absolute atomic E-state index is 0. The van der Waals surface area contributed by atoms with Crippen LogP contribution in [0.2, 0.25) is 0 Å². The molecule has 2 saturated heterocycles. The lowest BCUT2D eigenvalue weighted by Crippen LogP contribution is -2.48. The maximum absolute atomic E-state index is 10.5. The molecule has 3 aliphatic rings. The molecule has 0 aromatic carbocycles. The number of halogens is 1. The molecule has 2 aliphatic heterocycles. The van der Waals surface area contributed by atoms with Crippen molar-refractivity contribution in [3.8, 4) is 0 Å². The van der Waals surface area contributed by atoms with E-state index in [0.29, 0.717) is 18.8 Å². The second-order valence-electron chi connectivity index (χ2n) is 7.76. The van der Waals surface area contributed by atoms with Crippen LogP contribution in [0.1, 0.15) is 58.3 Å². The molecule has 0 aromatic heterocycles. The number of ether oxygens (including phenoxy) is 2. The van der Waals surface area contributed by atoms with Crippen LogP contribution in [0, 0.1) is 0 Å². The van der Waals surface area contributed by atoms with Gasteiger partial charge in [-0.15, -0.1) is 24.0 Å². The Kier molecular flexibility index (Phi) is 9.40. The van der Waals surface area contributed by atoms with Crippen LogP contribution in [0.3, 0.4) is 0 Å². The van der Waals surface area contributed by atoms with Crippen molar-refractivity contribution in [1.82, 2.24) is 10.2 Å². The van der Waals surface area contributed by atoms with E-state index < -0.39 is 5.60 Å². The molecule has 0 aromatic rings. The van der Waals surface area contributed by atoms with Gasteiger partial charge in [0.1, 0.15) is 0 Å². The van der Waals surface area contributed by atoms with E-state index in [0.717, 1.165) is 83.8 Å². The molecule has 0 spiro atoms. The normalized spacial score (nSPS) is 26.8. The SMILES string of the molecule is CCNC(=NCC1(O)CCCC1)N1CCC(OCC2CCCO2)CC1.I. The first-order valence-electron chi connectivity index (χ1n) is 10.2. The van der Waals surface area contributed by atoms with Gasteiger partial charge in [-0.05, 0) is 45.4 Å². The summed E-state index contributed by atoms with van der Waals surface area (Å²) in [5, 5.41) is 13.9. The number of hydrogen-bond acceptors (Lipinski definition) is 4. The topological polar surface area (TPSA) is 66.3 Å². The molecule has 0 radical (unpaired) electrons. The highest BCUT2D eigenvalue weighted by atomic mass is 127. The number of aliphatic imine (C=N–C) groups is 1. The number of rotatable bonds is 6. The smallest absolute Gasteiger partial charge is 0.194 e. The van der Waals surface area contributed by atoms with Crippen molar-refractivity contribution in [2.24, 2.45) is 4.99 Å². The van der Waals surface area contributed by atoms with Gasteiger partial charge in [0, 0.05) is 26.2 Å². The van der Waals surface area contributed by atoms with Crippen LogP contribution in [0.4, 0.5) is 0 Å². The molecule has 152 valence electrons. The molecule has 0 amide bonds. The van der Waals surface area contributed by atoms with E-state index in [1.54, 1.807) is 0 Å². The second-order valence-corrected chi connectivity index (χ2v) is 7.76. The van der Waals surface area contributed by atoms with Crippen LogP contribution in [0.15, 0.2) is 4.99 Å². The van der Waals surface area contributed by atoms with Crippen molar-refractivity contribution in [3.63, 3.8) is 0 Å². The lowest BCUT2D eigenvalue weighted by atomic mass is 10.0. The first-order valence-corrected chi connectivity index (χ1v) is 10.2. The Hall–Kier alpha value is -0.120. The molecule has 1 aliphatic carbocycles. The first-order chi connectivity index (χ1) is 12.2. The highest BCUT2D eigenvalue weighted by Crippen LogP contribution is 2.29. The fraction of sp³-hybridized carbons (Fsp3) is 0.947. The van der Waals surface area contributed by atoms with Crippen molar-refractivity contribution >= 4 is 29.9 Å². The average molecular weight is 481 g/mol. The minimum Gasteiger partial charge on any atom is -0.388 e. The van der Waals surface area contributed by atoms with Crippen LogP contribution in [0.25, 0.3) is 0 Å². The van der Waals surface area contributed by atoms with Gasteiger partial charge >= 0.3 is 0 Å². The van der Waals surface area contributed by atoms with Crippen molar-refractivity contribution in [1.29, 1.82) is 0 Å². The van der Waals surface area contributed by atoms with Crippen LogP contribution >= 0.6 is 24.0 Å². The number of piperidine rings is 1. The monoisotopic (exact) mass is 481 g/mol. The Morgan fingerprint density at radius 3 is 2.58 bits per heavy atom. The molecule has 1 atom stereocenters. The Balaban J connectivity index is 0.00000243. The predicted octanol–water partition coefficient (Wildman–Crippen LogP) is 2.54. The molecule has 1 unspecified atom stereocenters. The van der Waals surface area contributed by atoms with Gasteiger partial charge in [-0.3, -0.25) is 4.99 Å². The van der Waals surface area contributed by atoms with E-state index in [4.69, 9.17) is 14.5 Å². The van der Waals surface area contributed by atoms with Crippen molar-refractivity contribution < 1.29 is 14.6 Å². The average Bonchev–Trinajstić information content (AvgIpc) is 3.29. The summed E-state index contributed by atoms with van der Waals surface area (Å²) in [4.78, 5) is 7.06. The summed E-state index contributed by atoms with van der Waals surface area (Å²) < 4.78 is 11.7. The number of guanidine groups is 1. The van der Waals surface area contributed by atoms with Crippen molar-refractivity contribution in [2.45, 2.75) is 76.1 Å². The Morgan fingerprint density at radius 1 is 1.23 bits per heavy atom. The number of nitrogens with one attached hydrogen (secondary N) is 1. The van der Waals surface area contributed by atoms with Crippen LogP contribution in [0.5, 0.6) is 0 Å². The summed E-state index contributed by atoms with van der Waals surface area (Å²) in [5.74, 6) is 0.945. The summed E-state index contributed by atoms with van der Waals surface area (Å²) in [6.45, 7) is 7.02. The van der Waals surface area contributed by atoms with Gasteiger partial charge in [-0.1, -0.05) is 12.8 Å². The van der Waals surface area contributed by atoms with E-state index in [1.165, 1.54) is 6.42 Å². The van der Waals surface area contributed by atoms with Gasteiger partial charge in [0.05, 0.1) is 31.0 Å². The van der Waals surface area contributed by atoms with E-state index in [1.807, 2.05) is 0 Å². The molecule has 1 saturated carbocycles. The fourth-order valence-corrected chi connectivity index (χ4v) is 4.09. The maximum atomic E-state index is 10.5. The summed E-state index contributed by atoms with van der Waals surface area (Å²) >= 11 is 0. The molecule has 6 nitrogen and oxygen atoms in total. The fourth-order valence-electron chi connectivity index (χ4n) is 4.09. The van der Waals surface area contributed by atoms with Gasteiger partial charge < -0.3 is 24.8 Å². The highest BCUT2D eigenvalue weighted by Gasteiger charge is 2.31. The standard InChI is InChI=1S/C19H35N3O3.HI/c1-2-20-18(21-15-19(23)9-3-4-10-19)22-11-7-16(8-12-22)25-14-17-6-5-13-24-17;/h16-17,23H,2-15H2,1H3,(H,20,21);1H. The number of hydrogen-bond donors (Lipinski definition) is 2. The van der Waals surface area contributed by atoms with E-state index in [2.05, 4.69) is 17.1 Å². The van der Waals surface area contributed by atoms with Crippen LogP contribution < -0.4 is 5.32 Å². The van der Waals surface area contributed by atoms with Gasteiger partial charge in [0.15, 0.2) is 5.96 Å². The summed E-state index contributed by atoms with van der Waals surface area (Å²) in [7, 11) is 0. The van der Waals surface area contributed by atoms with Gasteiger partial charge in [-0.25, -0.2) is 0 Å². The van der Waals surface area contributed by atoms with Crippen molar-refractivity contribution in [2.75, 3.05) is 39.4 Å². The van der Waals surface area contributed by atoms with E-state index in [-0.39, 0.29) is 24.0 Å². The summed E-state index contributed by atoms with van der Waals surface area (Å²) in [6, 6.07) is 0. The molecular weight excluding hydrogens is 445 g/mol. The molecule has 3 rings (SSSR count). The zero-order chi connectivity index (χ0) is 17.5. The van der Waals surface area contributed by atoms with Gasteiger partial charge in [-0.2, -0.15) is 0 Å². The van der Waals surface area contributed by atoms with Gasteiger partial charge in [0.2, 0.25) is 0 Å². The largest absolute Gasteiger partial charge is 0.388 e. The Bertz CT molecular complexity index is 430. The number of likely N-dealkylation sites (tertiary alicyclic amines) is 1. The third-order valence-electron chi connectivity index (χ3n) is 5.68. The van der Waals surface area contributed by atoms with Crippen LogP contribution in [-0.2, 0) is 9.47 Å². The third-order valence-corrected chi connectivity index (χ3v) is 5.68. The third kappa shape index (κ3) is 6.49. The van der Waals surface area contributed by atoms with E-state index in [9.17, 15) is 5.11 Å². The first kappa shape index (κ1) is 22.2. The molecule has 2 heterocycles. The molecule has 3 fully saturated rings. The number of aliphatic hydroxyl groups is 1. The lowest BCUT2D eigenvalue weighted by molar-refractivity contribution is -0.0367. The summed E-state index contributed by atoms with van der Waals surface area (Å²) in [6.07, 6.45) is 9.02. The number of nitrogens with zero attached hydrogens (tertiary/aromatic N) is 2. The van der Waals surface area contributed by atoms with Crippen LogP contribution in [-0.4, -0.2) is 73.2 Å². The van der Waals surface area contributed by atoms with E-state index >= 15 is 0 Å². The Labute approximate surface area is 175 Å². The predicted molar refractivity (Wildman–Crippen MR) is 114 cm³/mol. The van der Waals surface area contributed by atoms with Crippen molar-refractivity contribution in [3.05, 3.63) is 0 Å². The Morgan fingerprint density at radius 2 is 1.96 bits per heavy atom. The minimum atomic E-state index is -0.580. The molecule has 0 bridgehead atoms.